The van der Waals surface area contributed by atoms with Crippen LogP contribution >= 0.6 is 0 Å². The van der Waals surface area contributed by atoms with Crippen molar-refractivity contribution in [1.82, 2.24) is 9.78 Å². The summed E-state index contributed by atoms with van der Waals surface area (Å²) in [6.45, 7) is 2.67. The van der Waals surface area contributed by atoms with E-state index in [4.69, 9.17) is 4.74 Å². The van der Waals surface area contributed by atoms with Crippen LogP contribution in [-0.4, -0.2) is 33.8 Å². The second-order valence-corrected chi connectivity index (χ2v) is 7.18. The number of nitrogens with zero attached hydrogens (tertiary/aromatic N) is 3. The van der Waals surface area contributed by atoms with Crippen molar-refractivity contribution < 1.29 is 14.3 Å². The minimum absolute atomic E-state index is 0.0848. The monoisotopic (exact) mass is 337 g/mol. The lowest BCUT2D eigenvalue weighted by Gasteiger charge is -2.15. The first-order valence-electron chi connectivity index (χ1n) is 8.74. The first-order valence-corrected chi connectivity index (χ1v) is 8.74. The highest BCUT2D eigenvalue weighted by molar-refractivity contribution is 6.22. The second-order valence-electron chi connectivity index (χ2n) is 7.18. The molecular weight excluding hydrogens is 318 g/mol. The minimum Gasteiger partial charge on any atom is -0.373 e. The third-order valence-corrected chi connectivity index (χ3v) is 5.76. The topological polar surface area (TPSA) is 64.4 Å². The van der Waals surface area contributed by atoms with Crippen molar-refractivity contribution in [3.8, 4) is 0 Å². The number of amides is 2. The highest BCUT2D eigenvalue weighted by Gasteiger charge is 2.62. The van der Waals surface area contributed by atoms with Crippen LogP contribution in [0.3, 0.4) is 0 Å². The molecule has 4 atom stereocenters. The van der Waals surface area contributed by atoms with E-state index in [-0.39, 0.29) is 35.9 Å². The summed E-state index contributed by atoms with van der Waals surface area (Å²) in [5, 5.41) is 4.35. The third kappa shape index (κ3) is 2.10. The fourth-order valence-electron chi connectivity index (χ4n) is 4.48. The van der Waals surface area contributed by atoms with Gasteiger partial charge in [-0.2, -0.15) is 5.10 Å². The number of aromatic nitrogens is 2. The molecule has 2 aromatic rings. The predicted molar refractivity (Wildman–Crippen MR) is 89.9 cm³/mol. The minimum atomic E-state index is -0.300. The van der Waals surface area contributed by atoms with Crippen molar-refractivity contribution >= 4 is 17.5 Å². The molecule has 0 spiro atoms. The summed E-state index contributed by atoms with van der Waals surface area (Å²) in [7, 11) is 0. The molecule has 2 bridgehead atoms. The number of carbonyl (C=O) groups excluding carboxylic acids is 2. The number of carbonyl (C=O) groups is 2. The van der Waals surface area contributed by atoms with E-state index in [1.807, 2.05) is 12.1 Å². The Hall–Kier alpha value is -2.47. The van der Waals surface area contributed by atoms with Crippen LogP contribution in [0, 0.1) is 18.8 Å². The van der Waals surface area contributed by atoms with Gasteiger partial charge in [0, 0.05) is 6.20 Å². The summed E-state index contributed by atoms with van der Waals surface area (Å²) in [4.78, 5) is 26.9. The maximum absolute atomic E-state index is 12.8. The lowest BCUT2D eigenvalue weighted by molar-refractivity contribution is -0.124. The molecule has 0 unspecified atom stereocenters. The summed E-state index contributed by atoms with van der Waals surface area (Å²) in [5.41, 5.74) is 2.92. The Balaban J connectivity index is 1.41. The Kier molecular flexibility index (Phi) is 3.12. The number of benzene rings is 1. The summed E-state index contributed by atoms with van der Waals surface area (Å²) >= 11 is 0. The highest BCUT2D eigenvalue weighted by Crippen LogP contribution is 2.49. The summed E-state index contributed by atoms with van der Waals surface area (Å²) in [6.07, 6.45) is 4.98. The van der Waals surface area contributed by atoms with Crippen LogP contribution in [0.5, 0.6) is 0 Å². The van der Waals surface area contributed by atoms with E-state index in [1.54, 1.807) is 17.1 Å². The van der Waals surface area contributed by atoms with Crippen LogP contribution in [0.15, 0.2) is 36.7 Å². The molecule has 0 saturated carbocycles. The first kappa shape index (κ1) is 14.8. The molecule has 3 aliphatic heterocycles. The van der Waals surface area contributed by atoms with E-state index in [2.05, 4.69) is 24.2 Å². The maximum atomic E-state index is 12.8. The number of aryl methyl sites for hydroxylation is 1. The average Bonchev–Trinajstić information content (AvgIpc) is 3.35. The van der Waals surface area contributed by atoms with Gasteiger partial charge in [0.1, 0.15) is 0 Å². The summed E-state index contributed by atoms with van der Waals surface area (Å²) in [6, 6.07) is 8.12. The van der Waals surface area contributed by atoms with E-state index < -0.39 is 0 Å². The van der Waals surface area contributed by atoms with Gasteiger partial charge in [0.05, 0.1) is 42.5 Å². The molecule has 25 heavy (non-hydrogen) atoms. The Morgan fingerprint density at radius 1 is 1.12 bits per heavy atom. The molecule has 1 aromatic heterocycles. The zero-order valence-corrected chi connectivity index (χ0v) is 14.0. The molecule has 3 saturated heterocycles. The molecule has 6 nitrogen and oxygen atoms in total. The molecule has 0 radical (unpaired) electrons. The number of hydrogen-bond acceptors (Lipinski definition) is 4. The SMILES string of the molecule is Cc1ccccc1Cn1cc(N2C(=O)[C@@H]3[C@@H](C2=O)[C@H]2CC[C@H]3O2)cn1. The summed E-state index contributed by atoms with van der Waals surface area (Å²) in [5.74, 6) is -0.854. The Labute approximate surface area is 145 Å². The molecule has 3 aliphatic rings. The van der Waals surface area contributed by atoms with Crippen LogP contribution < -0.4 is 4.90 Å². The van der Waals surface area contributed by atoms with Gasteiger partial charge in [-0.3, -0.25) is 14.3 Å². The zero-order chi connectivity index (χ0) is 17.1. The van der Waals surface area contributed by atoms with Crippen molar-refractivity contribution in [2.45, 2.75) is 38.5 Å². The van der Waals surface area contributed by atoms with Crippen molar-refractivity contribution in [1.29, 1.82) is 0 Å². The molecule has 1 aromatic carbocycles. The number of ether oxygens (including phenoxy) is 1. The first-order chi connectivity index (χ1) is 12.1. The number of anilines is 1. The van der Waals surface area contributed by atoms with Gasteiger partial charge in [0.25, 0.3) is 0 Å². The van der Waals surface area contributed by atoms with E-state index in [9.17, 15) is 9.59 Å². The maximum Gasteiger partial charge on any atom is 0.240 e. The van der Waals surface area contributed by atoms with Crippen molar-refractivity contribution in [3.63, 3.8) is 0 Å². The van der Waals surface area contributed by atoms with Crippen molar-refractivity contribution in [2.75, 3.05) is 4.90 Å². The van der Waals surface area contributed by atoms with Crippen LogP contribution in [0.2, 0.25) is 0 Å². The second kappa shape index (κ2) is 5.26. The van der Waals surface area contributed by atoms with E-state index >= 15 is 0 Å². The lowest BCUT2D eigenvalue weighted by atomic mass is 9.81. The number of imide groups is 1. The van der Waals surface area contributed by atoms with Gasteiger partial charge in [-0.15, -0.1) is 0 Å². The molecule has 0 N–H and O–H groups in total. The van der Waals surface area contributed by atoms with Gasteiger partial charge in [0.2, 0.25) is 11.8 Å². The number of rotatable bonds is 3. The van der Waals surface area contributed by atoms with E-state index in [0.717, 1.165) is 12.8 Å². The normalized spacial score (nSPS) is 30.4. The van der Waals surface area contributed by atoms with Gasteiger partial charge in [0.15, 0.2) is 0 Å². The van der Waals surface area contributed by atoms with Crippen LogP contribution in [0.25, 0.3) is 0 Å². The Morgan fingerprint density at radius 2 is 1.80 bits per heavy atom. The molecule has 6 heteroatoms. The van der Waals surface area contributed by atoms with Gasteiger partial charge < -0.3 is 4.74 Å². The standard InChI is InChI=1S/C19H19N3O3/c1-11-4-2-3-5-12(11)9-21-10-13(8-20-21)22-18(23)16-14-6-7-15(25-14)17(16)19(22)24/h2-5,8,10,14-17H,6-7,9H2,1H3/t14-,15-,16+,17+/m1/s1. The third-order valence-electron chi connectivity index (χ3n) is 5.76. The smallest absolute Gasteiger partial charge is 0.240 e. The number of fused-ring (bicyclic) bond motifs is 5. The Morgan fingerprint density at radius 3 is 2.48 bits per heavy atom. The molecule has 5 rings (SSSR count). The fourth-order valence-corrected chi connectivity index (χ4v) is 4.48. The van der Waals surface area contributed by atoms with Crippen LogP contribution in [0.4, 0.5) is 5.69 Å². The highest BCUT2D eigenvalue weighted by atomic mass is 16.5. The quantitative estimate of drug-likeness (QED) is 0.803. The van der Waals surface area contributed by atoms with E-state index in [0.29, 0.717) is 12.2 Å². The molecule has 2 amide bonds. The van der Waals surface area contributed by atoms with Gasteiger partial charge in [-0.25, -0.2) is 4.90 Å². The van der Waals surface area contributed by atoms with Crippen LogP contribution in [-0.2, 0) is 20.9 Å². The van der Waals surface area contributed by atoms with Gasteiger partial charge in [-0.1, -0.05) is 24.3 Å². The Bertz CT molecular complexity index is 846. The average molecular weight is 337 g/mol. The lowest BCUT2D eigenvalue weighted by Crippen LogP contribution is -2.34. The molecule has 0 aliphatic carbocycles. The van der Waals surface area contributed by atoms with Crippen molar-refractivity contribution in [2.24, 2.45) is 11.8 Å². The molecular formula is C19H19N3O3. The number of hydrogen-bond donors (Lipinski definition) is 0. The van der Waals surface area contributed by atoms with E-state index in [1.165, 1.54) is 16.0 Å². The van der Waals surface area contributed by atoms with Gasteiger partial charge >= 0.3 is 0 Å². The van der Waals surface area contributed by atoms with Gasteiger partial charge in [-0.05, 0) is 30.9 Å². The predicted octanol–water partition coefficient (Wildman–Crippen LogP) is 1.91. The largest absolute Gasteiger partial charge is 0.373 e. The molecule has 128 valence electrons. The zero-order valence-electron chi connectivity index (χ0n) is 14.0. The summed E-state index contributed by atoms with van der Waals surface area (Å²) < 4.78 is 7.55. The van der Waals surface area contributed by atoms with Crippen LogP contribution in [0.1, 0.15) is 24.0 Å². The van der Waals surface area contributed by atoms with Crippen molar-refractivity contribution in [3.05, 3.63) is 47.8 Å². The molecule has 4 heterocycles. The fraction of sp³-hybridized carbons (Fsp3) is 0.421. The molecule has 3 fully saturated rings.